The van der Waals surface area contributed by atoms with Crippen molar-refractivity contribution < 1.29 is 19.4 Å². The summed E-state index contributed by atoms with van der Waals surface area (Å²) < 4.78 is 4.64. The second-order valence-electron chi connectivity index (χ2n) is 2.76. The minimum Gasteiger partial charge on any atom is -0.462 e. The fraction of sp³-hybridized carbons (Fsp3) is 0.500. The number of hydrogen-bond donors (Lipinski definition) is 3. The molecule has 0 aromatic carbocycles. The Morgan fingerprint density at radius 2 is 2.36 bits per heavy atom. The predicted molar refractivity (Wildman–Crippen MR) is 46.9 cm³/mol. The van der Waals surface area contributed by atoms with E-state index in [1.54, 1.807) is 6.92 Å². The minimum absolute atomic E-state index is 0.0379. The minimum atomic E-state index is -0.751. The number of esters is 1. The molecule has 14 heavy (non-hydrogen) atoms. The number of carbonyl (C=O) groups is 2. The van der Waals surface area contributed by atoms with Crippen LogP contribution in [0.4, 0.5) is 0 Å². The third kappa shape index (κ3) is 1.69. The Kier molecular flexibility index (Phi) is 3.08. The van der Waals surface area contributed by atoms with E-state index < -0.39 is 17.9 Å². The first-order chi connectivity index (χ1) is 6.61. The highest BCUT2D eigenvalue weighted by Crippen LogP contribution is 2.13. The number of carbonyl (C=O) groups excluding carboxylic acids is 2. The third-order valence-electron chi connectivity index (χ3n) is 1.86. The zero-order valence-corrected chi connectivity index (χ0v) is 7.74. The standard InChI is InChI=1S/C8H12N2O4/c1-2-14-8(13)5-6(9)4(3-11)10-7(5)12/h4,11H,2-3,9H2,1H3,(H,10,12)/t4-/m1/s1. The fourth-order valence-electron chi connectivity index (χ4n) is 1.17. The van der Waals surface area contributed by atoms with Crippen molar-refractivity contribution in [1.82, 2.24) is 5.32 Å². The van der Waals surface area contributed by atoms with Crippen LogP contribution in [-0.4, -0.2) is 36.2 Å². The summed E-state index contributed by atoms with van der Waals surface area (Å²) in [5.74, 6) is -1.35. The number of nitrogens with one attached hydrogen (secondary N) is 1. The molecule has 0 radical (unpaired) electrons. The average molecular weight is 200 g/mol. The van der Waals surface area contributed by atoms with Gasteiger partial charge < -0.3 is 20.9 Å². The molecule has 1 aliphatic heterocycles. The largest absolute Gasteiger partial charge is 0.462 e. The Labute approximate surface area is 80.7 Å². The Hall–Kier alpha value is -1.56. The van der Waals surface area contributed by atoms with Gasteiger partial charge in [0.2, 0.25) is 0 Å². The molecule has 6 heteroatoms. The topological polar surface area (TPSA) is 102 Å². The van der Waals surface area contributed by atoms with Gasteiger partial charge in [0.1, 0.15) is 5.57 Å². The second-order valence-corrected chi connectivity index (χ2v) is 2.76. The third-order valence-corrected chi connectivity index (χ3v) is 1.86. The van der Waals surface area contributed by atoms with Crippen LogP contribution < -0.4 is 11.1 Å². The van der Waals surface area contributed by atoms with Crippen molar-refractivity contribution in [2.24, 2.45) is 5.73 Å². The number of hydrogen-bond acceptors (Lipinski definition) is 5. The normalized spacial score (nSPS) is 21.0. The van der Waals surface area contributed by atoms with E-state index in [-0.39, 0.29) is 24.5 Å². The molecule has 1 amide bonds. The smallest absolute Gasteiger partial charge is 0.345 e. The molecule has 0 spiro atoms. The van der Waals surface area contributed by atoms with Crippen LogP contribution in [0.2, 0.25) is 0 Å². The molecule has 0 unspecified atom stereocenters. The summed E-state index contributed by atoms with van der Waals surface area (Å²) in [6.07, 6.45) is 0. The van der Waals surface area contributed by atoms with E-state index in [0.29, 0.717) is 0 Å². The van der Waals surface area contributed by atoms with Gasteiger partial charge in [-0.1, -0.05) is 0 Å². The van der Waals surface area contributed by atoms with Crippen molar-refractivity contribution in [3.05, 3.63) is 11.3 Å². The molecule has 0 bridgehead atoms. The molecule has 1 heterocycles. The summed E-state index contributed by atoms with van der Waals surface area (Å²) in [5.41, 5.74) is 5.33. The molecule has 1 rings (SSSR count). The Bertz CT molecular complexity index is 298. The van der Waals surface area contributed by atoms with E-state index in [2.05, 4.69) is 10.1 Å². The van der Waals surface area contributed by atoms with E-state index >= 15 is 0 Å². The lowest BCUT2D eigenvalue weighted by atomic mass is 10.2. The van der Waals surface area contributed by atoms with E-state index in [4.69, 9.17) is 10.8 Å². The first-order valence-electron chi connectivity index (χ1n) is 4.20. The predicted octanol–water partition coefficient (Wildman–Crippen LogP) is -1.75. The zero-order chi connectivity index (χ0) is 10.7. The molecule has 1 atom stereocenters. The van der Waals surface area contributed by atoms with Crippen LogP contribution in [0.15, 0.2) is 11.3 Å². The van der Waals surface area contributed by atoms with Gasteiger partial charge in [0.15, 0.2) is 0 Å². The van der Waals surface area contributed by atoms with Crippen LogP contribution in [0, 0.1) is 0 Å². The molecular formula is C8H12N2O4. The van der Waals surface area contributed by atoms with Crippen molar-refractivity contribution in [3.63, 3.8) is 0 Å². The van der Waals surface area contributed by atoms with Gasteiger partial charge in [0.25, 0.3) is 5.91 Å². The van der Waals surface area contributed by atoms with Crippen LogP contribution in [0.3, 0.4) is 0 Å². The Morgan fingerprint density at radius 3 is 2.79 bits per heavy atom. The summed E-state index contributed by atoms with van der Waals surface area (Å²) in [6.45, 7) is 1.47. The van der Waals surface area contributed by atoms with Crippen molar-refractivity contribution in [1.29, 1.82) is 0 Å². The lowest BCUT2D eigenvalue weighted by molar-refractivity contribution is -0.140. The lowest BCUT2D eigenvalue weighted by Gasteiger charge is -2.06. The molecule has 4 N–H and O–H groups in total. The molecule has 1 aliphatic rings. The van der Waals surface area contributed by atoms with Gasteiger partial charge in [-0.25, -0.2) is 4.79 Å². The number of aliphatic hydroxyl groups excluding tert-OH is 1. The number of rotatable bonds is 3. The molecular weight excluding hydrogens is 188 g/mol. The molecule has 6 nitrogen and oxygen atoms in total. The van der Waals surface area contributed by atoms with Crippen molar-refractivity contribution in [2.45, 2.75) is 13.0 Å². The van der Waals surface area contributed by atoms with Crippen LogP contribution in [0.1, 0.15) is 6.92 Å². The van der Waals surface area contributed by atoms with E-state index in [0.717, 1.165) is 0 Å². The lowest BCUT2D eigenvalue weighted by Crippen LogP contribution is -2.33. The van der Waals surface area contributed by atoms with Gasteiger partial charge in [0.05, 0.1) is 25.0 Å². The highest BCUT2D eigenvalue weighted by Gasteiger charge is 2.34. The quantitative estimate of drug-likeness (QED) is 0.370. The van der Waals surface area contributed by atoms with E-state index in [1.807, 2.05) is 0 Å². The number of amides is 1. The molecule has 78 valence electrons. The zero-order valence-electron chi connectivity index (χ0n) is 7.74. The highest BCUT2D eigenvalue weighted by molar-refractivity contribution is 6.18. The molecule has 0 aromatic rings. The number of nitrogens with two attached hydrogens (primary N) is 1. The van der Waals surface area contributed by atoms with Crippen LogP contribution in [0.5, 0.6) is 0 Å². The van der Waals surface area contributed by atoms with Crippen LogP contribution in [-0.2, 0) is 14.3 Å². The maximum atomic E-state index is 11.2. The molecule has 0 aliphatic carbocycles. The molecule has 0 saturated carbocycles. The van der Waals surface area contributed by atoms with E-state index in [1.165, 1.54) is 0 Å². The Morgan fingerprint density at radius 1 is 1.71 bits per heavy atom. The summed E-state index contributed by atoms with van der Waals surface area (Å²) in [4.78, 5) is 22.4. The summed E-state index contributed by atoms with van der Waals surface area (Å²) >= 11 is 0. The Balaban J connectivity index is 2.89. The summed E-state index contributed by atoms with van der Waals surface area (Å²) in [7, 11) is 0. The first-order valence-corrected chi connectivity index (χ1v) is 4.20. The average Bonchev–Trinajstić information content (AvgIpc) is 2.41. The van der Waals surface area contributed by atoms with Gasteiger partial charge in [0, 0.05) is 0 Å². The fourth-order valence-corrected chi connectivity index (χ4v) is 1.17. The van der Waals surface area contributed by atoms with Gasteiger partial charge in [-0.2, -0.15) is 0 Å². The first kappa shape index (κ1) is 10.5. The second kappa shape index (κ2) is 4.10. The van der Waals surface area contributed by atoms with Crippen molar-refractivity contribution in [2.75, 3.05) is 13.2 Å². The molecule has 0 saturated heterocycles. The van der Waals surface area contributed by atoms with Gasteiger partial charge in [-0.15, -0.1) is 0 Å². The van der Waals surface area contributed by atoms with E-state index in [9.17, 15) is 9.59 Å². The number of ether oxygens (including phenoxy) is 1. The van der Waals surface area contributed by atoms with Crippen LogP contribution >= 0.6 is 0 Å². The monoisotopic (exact) mass is 200 g/mol. The number of aliphatic hydroxyl groups is 1. The van der Waals surface area contributed by atoms with Gasteiger partial charge >= 0.3 is 5.97 Å². The van der Waals surface area contributed by atoms with Crippen LogP contribution in [0.25, 0.3) is 0 Å². The van der Waals surface area contributed by atoms with Gasteiger partial charge in [-0.3, -0.25) is 4.79 Å². The summed E-state index contributed by atoms with van der Waals surface area (Å²) in [5, 5.41) is 11.2. The SMILES string of the molecule is CCOC(=O)C1=C(N)[C@@H](CO)NC1=O. The highest BCUT2D eigenvalue weighted by atomic mass is 16.5. The van der Waals surface area contributed by atoms with Gasteiger partial charge in [-0.05, 0) is 6.92 Å². The summed E-state index contributed by atoms with van der Waals surface area (Å²) in [6, 6.07) is -0.679. The maximum Gasteiger partial charge on any atom is 0.345 e. The molecule has 0 fully saturated rings. The maximum absolute atomic E-state index is 11.2. The molecule has 0 aromatic heterocycles. The van der Waals surface area contributed by atoms with Crippen molar-refractivity contribution in [3.8, 4) is 0 Å². The van der Waals surface area contributed by atoms with Crippen molar-refractivity contribution >= 4 is 11.9 Å².